The summed E-state index contributed by atoms with van der Waals surface area (Å²) in [5, 5.41) is 2.79. The van der Waals surface area contributed by atoms with E-state index >= 15 is 0 Å². The summed E-state index contributed by atoms with van der Waals surface area (Å²) < 4.78 is 10.5. The Bertz CT molecular complexity index is 687. The van der Waals surface area contributed by atoms with E-state index in [1.807, 2.05) is 32.0 Å². The molecule has 1 amide bonds. The van der Waals surface area contributed by atoms with Gasteiger partial charge in [0.2, 0.25) is 5.95 Å². The first-order valence-corrected chi connectivity index (χ1v) is 7.53. The lowest BCUT2D eigenvalue weighted by atomic mass is 10.3. The number of hydrogen-bond acceptors (Lipinski definition) is 6. The quantitative estimate of drug-likeness (QED) is 0.830. The number of nitrogens with zero attached hydrogens (tertiary/aromatic N) is 3. The first-order valence-electron chi connectivity index (χ1n) is 7.53. The number of benzene rings is 1. The minimum absolute atomic E-state index is 0.0586. The predicted octanol–water partition coefficient (Wildman–Crippen LogP) is 1.55. The molecule has 0 spiro atoms. The standard InChI is InChI=1S/C17H22N4O3/c1-12-9-13(20-17(19-12)21(2)3)10-18-16(22)11-24-15-7-5-14(23-4)6-8-15/h5-9H,10-11H2,1-4H3,(H,18,22). The Balaban J connectivity index is 1.84. The number of methoxy groups -OCH3 is 1. The highest BCUT2D eigenvalue weighted by molar-refractivity contribution is 5.77. The van der Waals surface area contributed by atoms with Gasteiger partial charge in [-0.3, -0.25) is 4.79 Å². The third kappa shape index (κ3) is 5.12. The molecule has 0 fully saturated rings. The zero-order valence-corrected chi connectivity index (χ0v) is 14.4. The van der Waals surface area contributed by atoms with E-state index in [0.717, 1.165) is 17.1 Å². The molecule has 1 aromatic heterocycles. The van der Waals surface area contributed by atoms with Crippen molar-refractivity contribution in [2.24, 2.45) is 0 Å². The van der Waals surface area contributed by atoms with E-state index in [2.05, 4.69) is 15.3 Å². The summed E-state index contributed by atoms with van der Waals surface area (Å²) in [7, 11) is 5.35. The van der Waals surface area contributed by atoms with Crippen LogP contribution < -0.4 is 19.7 Å². The Kier molecular flexibility index (Phi) is 5.95. The molecule has 0 radical (unpaired) electrons. The van der Waals surface area contributed by atoms with Gasteiger partial charge in [-0.05, 0) is 37.3 Å². The van der Waals surface area contributed by atoms with Crippen molar-refractivity contribution >= 4 is 11.9 Å². The fourth-order valence-electron chi connectivity index (χ4n) is 1.97. The average molecular weight is 330 g/mol. The van der Waals surface area contributed by atoms with Crippen LogP contribution in [-0.4, -0.2) is 43.7 Å². The van der Waals surface area contributed by atoms with Crippen LogP contribution in [0.3, 0.4) is 0 Å². The summed E-state index contributed by atoms with van der Waals surface area (Å²) in [6.07, 6.45) is 0. The molecule has 128 valence electrons. The molecule has 1 N–H and O–H groups in total. The van der Waals surface area contributed by atoms with Gasteiger partial charge >= 0.3 is 0 Å². The third-order valence-corrected chi connectivity index (χ3v) is 3.19. The summed E-state index contributed by atoms with van der Waals surface area (Å²) in [6, 6.07) is 8.91. The highest BCUT2D eigenvalue weighted by Crippen LogP contribution is 2.16. The van der Waals surface area contributed by atoms with Gasteiger partial charge in [0.1, 0.15) is 11.5 Å². The maximum Gasteiger partial charge on any atom is 0.258 e. The van der Waals surface area contributed by atoms with E-state index in [0.29, 0.717) is 18.2 Å². The summed E-state index contributed by atoms with van der Waals surface area (Å²) in [4.78, 5) is 22.4. The van der Waals surface area contributed by atoms with Crippen molar-refractivity contribution in [3.63, 3.8) is 0 Å². The van der Waals surface area contributed by atoms with Crippen molar-refractivity contribution < 1.29 is 14.3 Å². The predicted molar refractivity (Wildman–Crippen MR) is 91.4 cm³/mol. The van der Waals surface area contributed by atoms with Crippen molar-refractivity contribution in [3.8, 4) is 11.5 Å². The number of carbonyl (C=O) groups excluding carboxylic acids is 1. The molecule has 7 nitrogen and oxygen atoms in total. The molecule has 0 bridgehead atoms. The minimum atomic E-state index is -0.214. The normalized spacial score (nSPS) is 10.2. The number of rotatable bonds is 7. The van der Waals surface area contributed by atoms with Crippen LogP contribution >= 0.6 is 0 Å². The Morgan fingerprint density at radius 1 is 1.17 bits per heavy atom. The second-order valence-electron chi connectivity index (χ2n) is 5.44. The number of hydrogen-bond donors (Lipinski definition) is 1. The van der Waals surface area contributed by atoms with Crippen LogP contribution in [0.1, 0.15) is 11.4 Å². The molecule has 0 saturated heterocycles. The van der Waals surface area contributed by atoms with Gasteiger partial charge in [-0.15, -0.1) is 0 Å². The SMILES string of the molecule is COc1ccc(OCC(=O)NCc2cc(C)nc(N(C)C)n2)cc1. The van der Waals surface area contributed by atoms with Crippen LogP contribution in [0.4, 0.5) is 5.95 Å². The van der Waals surface area contributed by atoms with E-state index in [1.165, 1.54) is 0 Å². The number of anilines is 1. The van der Waals surface area contributed by atoms with Gasteiger partial charge in [0.05, 0.1) is 19.3 Å². The molecule has 1 aromatic carbocycles. The molecule has 0 aliphatic carbocycles. The number of nitrogens with one attached hydrogen (secondary N) is 1. The second-order valence-corrected chi connectivity index (χ2v) is 5.44. The van der Waals surface area contributed by atoms with Crippen LogP contribution in [0.15, 0.2) is 30.3 Å². The minimum Gasteiger partial charge on any atom is -0.497 e. The molecule has 2 aromatic rings. The van der Waals surface area contributed by atoms with Gasteiger partial charge in [-0.25, -0.2) is 9.97 Å². The highest BCUT2D eigenvalue weighted by Gasteiger charge is 2.07. The molecule has 0 saturated carbocycles. The van der Waals surface area contributed by atoms with Crippen molar-refractivity contribution in [2.75, 3.05) is 32.7 Å². The van der Waals surface area contributed by atoms with Crippen LogP contribution in [0.5, 0.6) is 11.5 Å². The van der Waals surface area contributed by atoms with E-state index in [1.54, 1.807) is 31.4 Å². The van der Waals surface area contributed by atoms with Gasteiger partial charge in [0.25, 0.3) is 5.91 Å². The van der Waals surface area contributed by atoms with Gasteiger partial charge in [-0.2, -0.15) is 0 Å². The molecule has 24 heavy (non-hydrogen) atoms. The van der Waals surface area contributed by atoms with E-state index in [-0.39, 0.29) is 12.5 Å². The lowest BCUT2D eigenvalue weighted by molar-refractivity contribution is -0.123. The molecule has 0 unspecified atom stereocenters. The van der Waals surface area contributed by atoms with Crippen molar-refractivity contribution in [2.45, 2.75) is 13.5 Å². The lowest BCUT2D eigenvalue weighted by Crippen LogP contribution is -2.29. The summed E-state index contributed by atoms with van der Waals surface area (Å²) in [5.74, 6) is 1.75. The Morgan fingerprint density at radius 2 is 1.83 bits per heavy atom. The average Bonchev–Trinajstić information content (AvgIpc) is 2.58. The summed E-state index contributed by atoms with van der Waals surface area (Å²) in [6.45, 7) is 2.17. The van der Waals surface area contributed by atoms with E-state index in [4.69, 9.17) is 9.47 Å². The molecular formula is C17H22N4O3. The molecule has 7 heteroatoms. The Morgan fingerprint density at radius 3 is 2.46 bits per heavy atom. The van der Waals surface area contributed by atoms with Crippen LogP contribution in [0, 0.1) is 6.92 Å². The maximum absolute atomic E-state index is 11.9. The smallest absolute Gasteiger partial charge is 0.258 e. The second kappa shape index (κ2) is 8.14. The van der Waals surface area contributed by atoms with Crippen LogP contribution in [-0.2, 0) is 11.3 Å². The highest BCUT2D eigenvalue weighted by atomic mass is 16.5. The van der Waals surface area contributed by atoms with E-state index < -0.39 is 0 Å². The van der Waals surface area contributed by atoms with Crippen molar-refractivity contribution in [1.29, 1.82) is 0 Å². The largest absolute Gasteiger partial charge is 0.497 e. The number of aromatic nitrogens is 2. The molecule has 0 atom stereocenters. The maximum atomic E-state index is 11.9. The van der Waals surface area contributed by atoms with Gasteiger partial charge < -0.3 is 19.7 Å². The van der Waals surface area contributed by atoms with Crippen LogP contribution in [0.2, 0.25) is 0 Å². The van der Waals surface area contributed by atoms with Crippen molar-refractivity contribution in [1.82, 2.24) is 15.3 Å². The molecule has 0 aliphatic rings. The molecule has 2 rings (SSSR count). The monoisotopic (exact) mass is 330 g/mol. The Labute approximate surface area is 141 Å². The molecular weight excluding hydrogens is 308 g/mol. The summed E-state index contributed by atoms with van der Waals surface area (Å²) in [5.41, 5.74) is 1.61. The fraction of sp³-hybridized carbons (Fsp3) is 0.353. The third-order valence-electron chi connectivity index (χ3n) is 3.19. The molecule has 1 heterocycles. The Hall–Kier alpha value is -2.83. The number of ether oxygens (including phenoxy) is 2. The first-order chi connectivity index (χ1) is 11.5. The zero-order chi connectivity index (χ0) is 17.5. The van der Waals surface area contributed by atoms with E-state index in [9.17, 15) is 4.79 Å². The number of aryl methyl sites for hydroxylation is 1. The van der Waals surface area contributed by atoms with Gasteiger partial charge in [-0.1, -0.05) is 0 Å². The van der Waals surface area contributed by atoms with Crippen molar-refractivity contribution in [3.05, 3.63) is 41.7 Å². The molecule has 0 aliphatic heterocycles. The zero-order valence-electron chi connectivity index (χ0n) is 14.4. The van der Waals surface area contributed by atoms with Gasteiger partial charge in [0.15, 0.2) is 6.61 Å². The lowest BCUT2D eigenvalue weighted by Gasteiger charge is -2.13. The number of carbonyl (C=O) groups is 1. The topological polar surface area (TPSA) is 76.6 Å². The van der Waals surface area contributed by atoms with Gasteiger partial charge in [0, 0.05) is 19.8 Å². The summed E-state index contributed by atoms with van der Waals surface area (Å²) >= 11 is 0. The fourth-order valence-corrected chi connectivity index (χ4v) is 1.97. The number of amides is 1. The van der Waals surface area contributed by atoms with Crippen LogP contribution in [0.25, 0.3) is 0 Å². The first kappa shape index (κ1) is 17.5.